The molecule has 0 radical (unpaired) electrons. The Hall–Kier alpha value is -6.48. The average Bonchev–Trinajstić information content (AvgIpc) is 3.13. The zero-order valence-electron chi connectivity index (χ0n) is 24.8. The third-order valence-electron chi connectivity index (χ3n) is 9.49. The molecule has 210 valence electrons. The van der Waals surface area contributed by atoms with E-state index >= 15 is 0 Å². The van der Waals surface area contributed by atoms with Crippen LogP contribution in [0.5, 0.6) is 0 Å². The van der Waals surface area contributed by atoms with E-state index in [-0.39, 0.29) is 0 Å². The topological polar surface area (TPSA) is 47.6 Å². The van der Waals surface area contributed by atoms with E-state index < -0.39 is 0 Å². The predicted octanol–water partition coefficient (Wildman–Crippen LogP) is 11.6. The van der Waals surface area contributed by atoms with Gasteiger partial charge in [-0.05, 0) is 124 Å². The van der Waals surface area contributed by atoms with Crippen molar-refractivity contribution in [1.29, 1.82) is 10.5 Å². The molecule has 9 rings (SSSR count). The molecule has 2 nitrogen and oxygen atoms in total. The van der Waals surface area contributed by atoms with E-state index in [9.17, 15) is 10.5 Å². The van der Waals surface area contributed by atoms with Crippen LogP contribution in [0, 0.1) is 22.7 Å². The van der Waals surface area contributed by atoms with Gasteiger partial charge in [0.25, 0.3) is 0 Å². The molecule has 0 bridgehead atoms. The van der Waals surface area contributed by atoms with E-state index in [1.54, 1.807) is 0 Å². The smallest absolute Gasteiger partial charge is 0.0991 e. The van der Waals surface area contributed by atoms with E-state index in [1.165, 1.54) is 65.0 Å². The summed E-state index contributed by atoms with van der Waals surface area (Å²) in [6, 6.07) is 55.8. The fraction of sp³-hybridized carbons (Fsp3) is 0. The molecule has 0 N–H and O–H groups in total. The molecule has 0 aliphatic heterocycles. The lowest BCUT2D eigenvalue weighted by Crippen LogP contribution is -1.93. The van der Waals surface area contributed by atoms with Crippen LogP contribution in [0.4, 0.5) is 0 Å². The minimum atomic E-state index is 0.648. The van der Waals surface area contributed by atoms with Gasteiger partial charge in [0.1, 0.15) is 0 Å². The van der Waals surface area contributed by atoms with Gasteiger partial charge in [-0.15, -0.1) is 0 Å². The molecule has 0 amide bonds. The van der Waals surface area contributed by atoms with Gasteiger partial charge < -0.3 is 0 Å². The van der Waals surface area contributed by atoms with Crippen LogP contribution in [0.1, 0.15) is 11.1 Å². The zero-order chi connectivity index (χ0) is 30.8. The maximum atomic E-state index is 9.49. The number of nitrogens with zero attached hydrogens (tertiary/aromatic N) is 2. The minimum absolute atomic E-state index is 0.648. The summed E-state index contributed by atoms with van der Waals surface area (Å²) in [4.78, 5) is 0. The summed E-state index contributed by atoms with van der Waals surface area (Å²) in [5.41, 5.74) is 8.11. The highest BCUT2D eigenvalue weighted by Gasteiger charge is 2.19. The molecule has 9 aromatic carbocycles. The van der Waals surface area contributed by atoms with Gasteiger partial charge in [-0.1, -0.05) is 109 Å². The monoisotopic (exact) mass is 580 g/mol. The van der Waals surface area contributed by atoms with E-state index in [0.717, 1.165) is 22.3 Å². The molecule has 9 aromatic rings. The molecule has 0 spiro atoms. The Labute approximate surface area is 266 Å². The zero-order valence-corrected chi connectivity index (χ0v) is 24.8. The summed E-state index contributed by atoms with van der Waals surface area (Å²) in [6.07, 6.45) is 0. The Morgan fingerprint density at radius 2 is 0.826 bits per heavy atom. The van der Waals surface area contributed by atoms with Crippen LogP contribution in [-0.4, -0.2) is 0 Å². The van der Waals surface area contributed by atoms with Crippen molar-refractivity contribution in [2.24, 2.45) is 0 Å². The minimum Gasteiger partial charge on any atom is -0.192 e. The van der Waals surface area contributed by atoms with E-state index in [0.29, 0.717) is 11.1 Å². The second-order valence-electron chi connectivity index (χ2n) is 11.9. The normalized spacial score (nSPS) is 11.4. The number of benzene rings is 9. The molecule has 0 aliphatic carbocycles. The SMILES string of the molecule is N#Cc1ccc(-c2ccc3ccc4c(-c5ccc(C#N)cc5)cc(-c5ccc6ccc7ccccc7c6c5)c5ccc2c3c45)cc1. The van der Waals surface area contributed by atoms with E-state index in [1.807, 2.05) is 36.4 Å². The summed E-state index contributed by atoms with van der Waals surface area (Å²) in [5.74, 6) is 0. The van der Waals surface area contributed by atoms with Gasteiger partial charge in [0.2, 0.25) is 0 Å². The molecular formula is C44H24N2. The van der Waals surface area contributed by atoms with Gasteiger partial charge in [-0.3, -0.25) is 0 Å². The Bertz CT molecular complexity index is 2740. The molecular weight excluding hydrogens is 556 g/mol. The lowest BCUT2D eigenvalue weighted by Gasteiger charge is -2.20. The van der Waals surface area contributed by atoms with Crippen LogP contribution in [0.15, 0.2) is 146 Å². The van der Waals surface area contributed by atoms with Crippen molar-refractivity contribution in [3.8, 4) is 45.5 Å². The van der Waals surface area contributed by atoms with Crippen molar-refractivity contribution in [2.75, 3.05) is 0 Å². The third kappa shape index (κ3) is 3.88. The van der Waals surface area contributed by atoms with Gasteiger partial charge in [-0.2, -0.15) is 10.5 Å². The van der Waals surface area contributed by atoms with Crippen molar-refractivity contribution in [3.63, 3.8) is 0 Å². The number of rotatable bonds is 3. The molecule has 0 atom stereocenters. The Balaban J connectivity index is 1.39. The maximum absolute atomic E-state index is 9.49. The van der Waals surface area contributed by atoms with E-state index in [4.69, 9.17) is 0 Å². The van der Waals surface area contributed by atoms with Crippen LogP contribution in [0.2, 0.25) is 0 Å². The number of hydrogen-bond acceptors (Lipinski definition) is 2. The molecule has 0 saturated heterocycles. The summed E-state index contributed by atoms with van der Waals surface area (Å²) in [5, 5.41) is 31.1. The number of hydrogen-bond donors (Lipinski definition) is 0. The molecule has 46 heavy (non-hydrogen) atoms. The first kappa shape index (κ1) is 26.0. The fourth-order valence-electron chi connectivity index (χ4n) is 7.24. The summed E-state index contributed by atoms with van der Waals surface area (Å²) in [7, 11) is 0. The highest BCUT2D eigenvalue weighted by Crippen LogP contribution is 2.46. The summed E-state index contributed by atoms with van der Waals surface area (Å²) < 4.78 is 0. The predicted molar refractivity (Wildman–Crippen MR) is 191 cm³/mol. The van der Waals surface area contributed by atoms with Crippen LogP contribution >= 0.6 is 0 Å². The maximum Gasteiger partial charge on any atom is 0.0991 e. The highest BCUT2D eigenvalue weighted by atomic mass is 14.2. The molecule has 0 aromatic heterocycles. The standard InChI is InChI=1S/C44H24N2/c45-25-27-5-9-30(10-6-27)36-19-17-33-18-20-38-41(31-11-7-28(26-46)8-12-31)24-42(39-22-21-37(36)43(33)44(38)39)34-16-15-32-14-13-29-3-1-2-4-35(29)40(32)23-34/h1-24H. The summed E-state index contributed by atoms with van der Waals surface area (Å²) >= 11 is 0. The second kappa shape index (κ2) is 10.0. The molecule has 0 heterocycles. The van der Waals surface area contributed by atoms with Gasteiger partial charge in [0, 0.05) is 0 Å². The van der Waals surface area contributed by atoms with Crippen LogP contribution in [0.25, 0.3) is 87.2 Å². The van der Waals surface area contributed by atoms with Crippen molar-refractivity contribution in [2.45, 2.75) is 0 Å². The van der Waals surface area contributed by atoms with Crippen molar-refractivity contribution in [1.82, 2.24) is 0 Å². The largest absolute Gasteiger partial charge is 0.192 e. The number of fused-ring (bicyclic) bond motifs is 3. The van der Waals surface area contributed by atoms with Crippen LogP contribution < -0.4 is 0 Å². The quantitative estimate of drug-likeness (QED) is 0.195. The third-order valence-corrected chi connectivity index (χ3v) is 9.49. The molecule has 0 unspecified atom stereocenters. The second-order valence-corrected chi connectivity index (χ2v) is 11.9. The van der Waals surface area contributed by atoms with Gasteiger partial charge in [0.05, 0.1) is 23.3 Å². The first-order valence-corrected chi connectivity index (χ1v) is 15.4. The van der Waals surface area contributed by atoms with Gasteiger partial charge >= 0.3 is 0 Å². The van der Waals surface area contributed by atoms with Crippen molar-refractivity contribution >= 4 is 53.9 Å². The van der Waals surface area contributed by atoms with Crippen LogP contribution in [-0.2, 0) is 0 Å². The first-order chi connectivity index (χ1) is 22.7. The molecule has 0 fully saturated rings. The Kier molecular flexibility index (Phi) is 5.66. The lowest BCUT2D eigenvalue weighted by atomic mass is 9.83. The van der Waals surface area contributed by atoms with E-state index in [2.05, 4.69) is 121 Å². The number of nitriles is 2. The molecule has 0 aliphatic rings. The Morgan fingerprint density at radius 3 is 1.52 bits per heavy atom. The van der Waals surface area contributed by atoms with Gasteiger partial charge in [0.15, 0.2) is 0 Å². The van der Waals surface area contributed by atoms with Crippen molar-refractivity contribution in [3.05, 3.63) is 157 Å². The van der Waals surface area contributed by atoms with Crippen molar-refractivity contribution < 1.29 is 0 Å². The Morgan fingerprint density at radius 1 is 0.326 bits per heavy atom. The molecule has 2 heteroatoms. The summed E-state index contributed by atoms with van der Waals surface area (Å²) in [6.45, 7) is 0. The fourth-order valence-corrected chi connectivity index (χ4v) is 7.24. The first-order valence-electron chi connectivity index (χ1n) is 15.4. The van der Waals surface area contributed by atoms with Crippen LogP contribution in [0.3, 0.4) is 0 Å². The molecule has 0 saturated carbocycles. The average molecular weight is 581 g/mol. The lowest BCUT2D eigenvalue weighted by molar-refractivity contribution is 1.48. The van der Waals surface area contributed by atoms with Gasteiger partial charge in [-0.25, -0.2) is 0 Å². The highest BCUT2D eigenvalue weighted by molar-refractivity contribution is 6.30.